The summed E-state index contributed by atoms with van der Waals surface area (Å²) in [6, 6.07) is 23.7. The van der Waals surface area contributed by atoms with Crippen molar-refractivity contribution in [3.05, 3.63) is 95.0 Å². The van der Waals surface area contributed by atoms with Gasteiger partial charge < -0.3 is 10.0 Å². The molecule has 1 fully saturated rings. The van der Waals surface area contributed by atoms with Gasteiger partial charge in [0.1, 0.15) is 6.04 Å². The van der Waals surface area contributed by atoms with Gasteiger partial charge in [0.15, 0.2) is 0 Å². The number of aromatic nitrogens is 1. The van der Waals surface area contributed by atoms with Crippen LogP contribution in [0.5, 0.6) is 0 Å². The largest absolute Gasteiger partial charge is 0.396 e. The molecule has 2 N–H and O–H groups in total. The van der Waals surface area contributed by atoms with Crippen LogP contribution >= 0.6 is 11.3 Å². The number of piperidine rings is 1. The van der Waals surface area contributed by atoms with Crippen LogP contribution in [-0.2, 0) is 26.7 Å². The minimum absolute atomic E-state index is 0.128. The van der Waals surface area contributed by atoms with E-state index in [-0.39, 0.29) is 23.8 Å². The highest BCUT2D eigenvalue weighted by Crippen LogP contribution is 2.32. The normalized spacial score (nSPS) is 15.7. The van der Waals surface area contributed by atoms with Crippen molar-refractivity contribution in [1.29, 1.82) is 0 Å². The van der Waals surface area contributed by atoms with Gasteiger partial charge in [-0.15, -0.1) is 11.3 Å². The molecule has 7 nitrogen and oxygen atoms in total. The summed E-state index contributed by atoms with van der Waals surface area (Å²) < 4.78 is 31.4. The molecular formula is C32H37N3O4S2. The zero-order valence-corrected chi connectivity index (χ0v) is 25.1. The van der Waals surface area contributed by atoms with E-state index in [9.17, 15) is 18.3 Å². The second kappa shape index (κ2) is 12.4. The molecule has 216 valence electrons. The van der Waals surface area contributed by atoms with Crippen LogP contribution in [-0.4, -0.2) is 55.1 Å². The fraction of sp³-hybridized carbons (Fsp3) is 0.375. The van der Waals surface area contributed by atoms with Gasteiger partial charge in [-0.3, -0.25) is 4.79 Å². The molecule has 1 aliphatic rings. The topological polar surface area (TPSA) is 99.6 Å². The number of nitrogens with one attached hydrogen (secondary N) is 1. The summed E-state index contributed by atoms with van der Waals surface area (Å²) in [4.78, 5) is 20.4. The summed E-state index contributed by atoms with van der Waals surface area (Å²) in [7, 11) is -4.03. The predicted molar refractivity (Wildman–Crippen MR) is 163 cm³/mol. The number of nitrogens with zero attached hydrogens (tertiary/aromatic N) is 2. The molecule has 0 aliphatic carbocycles. The number of amides is 1. The number of para-hydroxylation sites is 1. The Bertz CT molecular complexity index is 1560. The first-order valence-electron chi connectivity index (χ1n) is 14.1. The molecular weight excluding hydrogens is 555 g/mol. The van der Waals surface area contributed by atoms with Gasteiger partial charge in [0.25, 0.3) is 0 Å². The van der Waals surface area contributed by atoms with Crippen LogP contribution in [0.3, 0.4) is 0 Å². The van der Waals surface area contributed by atoms with Crippen LogP contribution in [0.15, 0.2) is 83.8 Å². The quantitative estimate of drug-likeness (QED) is 0.266. The lowest BCUT2D eigenvalue weighted by Crippen LogP contribution is -2.51. The predicted octanol–water partition coefficient (Wildman–Crippen LogP) is 5.13. The average Bonchev–Trinajstić information content (AvgIpc) is 3.40. The van der Waals surface area contributed by atoms with E-state index in [2.05, 4.69) is 23.6 Å². The van der Waals surface area contributed by atoms with E-state index in [0.717, 1.165) is 40.6 Å². The monoisotopic (exact) mass is 591 g/mol. The molecule has 3 aromatic carbocycles. The summed E-state index contributed by atoms with van der Waals surface area (Å²) in [6.07, 6.45) is 2.48. The average molecular weight is 592 g/mol. The Balaban J connectivity index is 1.42. The van der Waals surface area contributed by atoms with Crippen molar-refractivity contribution in [3.8, 4) is 0 Å². The molecule has 0 unspecified atom stereocenters. The van der Waals surface area contributed by atoms with Gasteiger partial charge in [0, 0.05) is 31.5 Å². The van der Waals surface area contributed by atoms with Crippen molar-refractivity contribution < 1.29 is 18.3 Å². The molecule has 0 radical (unpaired) electrons. The third kappa shape index (κ3) is 6.70. The lowest BCUT2D eigenvalue weighted by Gasteiger charge is -2.34. The molecule has 9 heteroatoms. The van der Waals surface area contributed by atoms with Crippen LogP contribution in [0.2, 0.25) is 0 Å². The van der Waals surface area contributed by atoms with E-state index in [1.165, 1.54) is 11.3 Å². The molecule has 41 heavy (non-hydrogen) atoms. The highest BCUT2D eigenvalue weighted by Gasteiger charge is 2.33. The van der Waals surface area contributed by atoms with Crippen molar-refractivity contribution >= 4 is 37.5 Å². The maximum atomic E-state index is 13.8. The first-order chi connectivity index (χ1) is 19.7. The fourth-order valence-corrected chi connectivity index (χ4v) is 7.78. The lowest BCUT2D eigenvalue weighted by molar-refractivity contribution is -0.134. The molecule has 1 amide bonds. The molecule has 1 aliphatic heterocycles. The number of aliphatic hydroxyl groups is 1. The van der Waals surface area contributed by atoms with Gasteiger partial charge in [0.2, 0.25) is 15.9 Å². The molecule has 1 aromatic heterocycles. The summed E-state index contributed by atoms with van der Waals surface area (Å²) in [5.41, 5.74) is 2.37. The Morgan fingerprint density at radius 1 is 1.02 bits per heavy atom. The Morgan fingerprint density at radius 2 is 1.71 bits per heavy atom. The number of likely N-dealkylation sites (tertiary alicyclic amines) is 1. The van der Waals surface area contributed by atoms with Crippen LogP contribution < -0.4 is 4.72 Å². The van der Waals surface area contributed by atoms with Gasteiger partial charge >= 0.3 is 0 Å². The van der Waals surface area contributed by atoms with Crippen LogP contribution in [0.1, 0.15) is 49.2 Å². The van der Waals surface area contributed by atoms with Crippen molar-refractivity contribution in [3.63, 3.8) is 0 Å². The lowest BCUT2D eigenvalue weighted by atomic mass is 9.78. The molecule has 5 rings (SSSR count). The second-order valence-corrected chi connectivity index (χ2v) is 14.1. The van der Waals surface area contributed by atoms with Gasteiger partial charge in [0.05, 0.1) is 20.1 Å². The van der Waals surface area contributed by atoms with Gasteiger partial charge in [-0.2, -0.15) is 4.72 Å². The molecule has 1 saturated heterocycles. The summed E-state index contributed by atoms with van der Waals surface area (Å²) in [6.45, 7) is 5.37. The Morgan fingerprint density at radius 3 is 2.41 bits per heavy atom. The van der Waals surface area contributed by atoms with Gasteiger partial charge in [-0.05, 0) is 60.6 Å². The van der Waals surface area contributed by atoms with E-state index in [4.69, 9.17) is 0 Å². The van der Waals surface area contributed by atoms with E-state index in [1.54, 1.807) is 23.1 Å². The van der Waals surface area contributed by atoms with Crippen molar-refractivity contribution in [1.82, 2.24) is 14.6 Å². The summed E-state index contributed by atoms with van der Waals surface area (Å²) in [5.74, 6) is 0.134. The number of carbonyl (C=O) groups excluding carboxylic acids is 1. The minimum atomic E-state index is -4.03. The Hall–Kier alpha value is -3.11. The SMILES string of the molecule is CC(C)(c1ccccc1)c1cccc(S(=O)(=O)N[C@@H](Cc2nc3ccccc3s2)C(=O)N2CCC(CCO)CC2)c1. The first kappa shape index (κ1) is 29.4. The minimum Gasteiger partial charge on any atom is -0.396 e. The highest BCUT2D eigenvalue weighted by atomic mass is 32.2. The number of benzene rings is 3. The maximum Gasteiger partial charge on any atom is 0.241 e. The Kier molecular flexibility index (Phi) is 8.89. The third-order valence-electron chi connectivity index (χ3n) is 8.14. The molecule has 0 bridgehead atoms. The number of thiazole rings is 1. The van der Waals surface area contributed by atoms with Crippen molar-refractivity contribution in [2.24, 2.45) is 5.92 Å². The van der Waals surface area contributed by atoms with E-state index < -0.39 is 21.5 Å². The number of carbonyl (C=O) groups is 1. The second-order valence-electron chi connectivity index (χ2n) is 11.3. The van der Waals surface area contributed by atoms with Crippen LogP contribution in [0.4, 0.5) is 0 Å². The molecule has 2 heterocycles. The fourth-order valence-electron chi connectivity index (χ4n) is 5.54. The van der Waals surface area contributed by atoms with Crippen molar-refractivity contribution in [2.75, 3.05) is 19.7 Å². The number of rotatable bonds is 10. The number of hydrogen-bond donors (Lipinski definition) is 2. The maximum absolute atomic E-state index is 13.8. The van der Waals surface area contributed by atoms with Crippen LogP contribution in [0.25, 0.3) is 10.2 Å². The standard InChI is InChI=1S/C32H37N3O4S2/c1-32(2,24-9-4-3-5-10-24)25-11-8-12-26(21-25)41(38,39)34-28(22-30-33-27-13-6-7-14-29(27)40-30)31(37)35-18-15-23(16-19-35)17-20-36/h3-14,21,23,28,34,36H,15-20,22H2,1-2H3/t28-/m0/s1. The van der Waals surface area contributed by atoms with E-state index in [1.807, 2.05) is 60.7 Å². The molecule has 0 spiro atoms. The van der Waals surface area contributed by atoms with Crippen molar-refractivity contribution in [2.45, 2.75) is 55.9 Å². The van der Waals surface area contributed by atoms with Gasteiger partial charge in [-0.1, -0.05) is 68.4 Å². The number of aliphatic hydroxyl groups excluding tert-OH is 1. The number of hydrogen-bond acceptors (Lipinski definition) is 6. The molecule has 0 saturated carbocycles. The summed E-state index contributed by atoms with van der Waals surface area (Å²) in [5, 5.41) is 10.0. The molecule has 1 atom stereocenters. The van der Waals surface area contributed by atoms with E-state index >= 15 is 0 Å². The highest BCUT2D eigenvalue weighted by molar-refractivity contribution is 7.89. The zero-order valence-electron chi connectivity index (χ0n) is 23.5. The Labute approximate surface area is 246 Å². The van der Waals surface area contributed by atoms with Gasteiger partial charge in [-0.25, -0.2) is 13.4 Å². The zero-order chi connectivity index (χ0) is 29.0. The summed E-state index contributed by atoms with van der Waals surface area (Å²) >= 11 is 1.48. The van der Waals surface area contributed by atoms with E-state index in [0.29, 0.717) is 24.0 Å². The first-order valence-corrected chi connectivity index (χ1v) is 16.4. The van der Waals surface area contributed by atoms with Crippen LogP contribution in [0, 0.1) is 5.92 Å². The number of sulfonamides is 1. The molecule has 4 aromatic rings. The number of fused-ring (bicyclic) bond motifs is 1. The third-order valence-corrected chi connectivity index (χ3v) is 10.7. The smallest absolute Gasteiger partial charge is 0.241 e.